The summed E-state index contributed by atoms with van der Waals surface area (Å²) in [6.07, 6.45) is 0.445. The maximum atomic E-state index is 11.2. The molecule has 0 heterocycles. The Kier molecular flexibility index (Phi) is 6.20. The smallest absolute Gasteiger partial charge is 0.773 e. The second-order valence-corrected chi connectivity index (χ2v) is 6.12. The number of rotatable bonds is 5. The van der Waals surface area contributed by atoms with Gasteiger partial charge in [0.1, 0.15) is 0 Å². The van der Waals surface area contributed by atoms with Gasteiger partial charge in [0.05, 0.1) is 6.61 Å². The number of carbonyl (C=O) groups is 1. The molecule has 0 amide bonds. The first-order valence-corrected chi connectivity index (χ1v) is 7.48. The van der Waals surface area contributed by atoms with Crippen molar-refractivity contribution in [2.45, 2.75) is 13.3 Å². The molecular formula is C14H14LiO4P. The normalized spacial score (nSPS) is 13.5. The fourth-order valence-corrected chi connectivity index (χ4v) is 2.39. The van der Waals surface area contributed by atoms with E-state index in [1.54, 1.807) is 0 Å². The van der Waals surface area contributed by atoms with E-state index >= 15 is 0 Å². The number of carbonyl (C=O) groups excluding carboxylic acids is 1. The van der Waals surface area contributed by atoms with Gasteiger partial charge in [-0.1, -0.05) is 42.5 Å². The molecule has 0 aliphatic rings. The van der Waals surface area contributed by atoms with Crippen LogP contribution in [0.1, 0.15) is 12.5 Å². The Labute approximate surface area is 129 Å². The molecule has 2 aromatic rings. The van der Waals surface area contributed by atoms with Crippen LogP contribution in [0.2, 0.25) is 0 Å². The minimum atomic E-state index is -4.35. The number of hydrogen-bond acceptors (Lipinski definition) is 4. The average molecular weight is 284 g/mol. The van der Waals surface area contributed by atoms with Crippen molar-refractivity contribution in [2.24, 2.45) is 0 Å². The molecule has 0 aliphatic carbocycles. The zero-order valence-electron chi connectivity index (χ0n) is 11.5. The second-order valence-electron chi connectivity index (χ2n) is 4.24. The van der Waals surface area contributed by atoms with Gasteiger partial charge in [-0.2, -0.15) is 0 Å². The van der Waals surface area contributed by atoms with E-state index < -0.39 is 13.1 Å². The third kappa shape index (κ3) is 4.05. The van der Waals surface area contributed by atoms with E-state index in [2.05, 4.69) is 0 Å². The van der Waals surface area contributed by atoms with Gasteiger partial charge < -0.3 is 14.0 Å². The van der Waals surface area contributed by atoms with Crippen molar-refractivity contribution in [3.8, 4) is 0 Å². The van der Waals surface area contributed by atoms with Crippen LogP contribution in [0.3, 0.4) is 0 Å². The van der Waals surface area contributed by atoms with E-state index in [1.165, 1.54) is 0 Å². The molecule has 0 aliphatic heterocycles. The van der Waals surface area contributed by atoms with Crippen molar-refractivity contribution in [2.75, 3.05) is 6.61 Å². The monoisotopic (exact) mass is 284 g/mol. The first kappa shape index (κ1) is 17.2. The van der Waals surface area contributed by atoms with Crippen molar-refractivity contribution in [3.05, 3.63) is 48.0 Å². The van der Waals surface area contributed by atoms with Crippen LogP contribution in [-0.2, 0) is 20.3 Å². The molecule has 0 radical (unpaired) electrons. The SMILES string of the molecule is CC(=O)P(=O)([O-])OCCc1cccc2ccccc12.[Li+]. The fraction of sp³-hybridized carbons (Fsp3) is 0.214. The molecule has 0 fully saturated rings. The molecule has 0 N–H and O–H groups in total. The van der Waals surface area contributed by atoms with Gasteiger partial charge in [0.25, 0.3) is 0 Å². The van der Waals surface area contributed by atoms with Crippen molar-refractivity contribution in [1.29, 1.82) is 0 Å². The van der Waals surface area contributed by atoms with Gasteiger partial charge in [0, 0.05) is 6.92 Å². The largest absolute Gasteiger partial charge is 1.00 e. The molecule has 0 aromatic heterocycles. The van der Waals surface area contributed by atoms with E-state index in [-0.39, 0.29) is 25.5 Å². The van der Waals surface area contributed by atoms with E-state index in [9.17, 15) is 14.3 Å². The maximum Gasteiger partial charge on any atom is 1.00 e. The van der Waals surface area contributed by atoms with Crippen LogP contribution in [0.5, 0.6) is 0 Å². The Morgan fingerprint density at radius 2 is 1.85 bits per heavy atom. The Morgan fingerprint density at radius 3 is 2.55 bits per heavy atom. The summed E-state index contributed by atoms with van der Waals surface area (Å²) in [6, 6.07) is 13.7. The van der Waals surface area contributed by atoms with Crippen LogP contribution < -0.4 is 23.8 Å². The van der Waals surface area contributed by atoms with E-state index in [1.807, 2.05) is 42.5 Å². The van der Waals surface area contributed by atoms with Crippen molar-refractivity contribution in [1.82, 2.24) is 0 Å². The first-order valence-electron chi connectivity index (χ1n) is 5.94. The quantitative estimate of drug-likeness (QED) is 0.548. The summed E-state index contributed by atoms with van der Waals surface area (Å²) in [6.45, 7) is 0.972. The molecule has 100 valence electrons. The molecule has 2 aromatic carbocycles. The van der Waals surface area contributed by atoms with Gasteiger partial charge in [-0.05, 0) is 22.8 Å². The summed E-state index contributed by atoms with van der Waals surface area (Å²) in [7, 11) is -4.35. The summed E-state index contributed by atoms with van der Waals surface area (Å²) in [4.78, 5) is 22.1. The first-order chi connectivity index (χ1) is 9.00. The van der Waals surface area contributed by atoms with Crippen molar-refractivity contribution in [3.63, 3.8) is 0 Å². The minimum Gasteiger partial charge on any atom is -0.773 e. The van der Waals surface area contributed by atoms with Crippen molar-refractivity contribution >= 4 is 23.9 Å². The Morgan fingerprint density at radius 1 is 1.20 bits per heavy atom. The van der Waals surface area contributed by atoms with Gasteiger partial charge in [-0.3, -0.25) is 4.79 Å². The molecule has 20 heavy (non-hydrogen) atoms. The summed E-state index contributed by atoms with van der Waals surface area (Å²) in [5, 5.41) is 2.16. The van der Waals surface area contributed by atoms with Gasteiger partial charge in [-0.25, -0.2) is 0 Å². The predicted molar refractivity (Wildman–Crippen MR) is 71.9 cm³/mol. The third-order valence-corrected chi connectivity index (χ3v) is 4.19. The molecular weight excluding hydrogens is 270 g/mol. The van der Waals surface area contributed by atoms with Gasteiger partial charge in [-0.15, -0.1) is 0 Å². The summed E-state index contributed by atoms with van der Waals surface area (Å²) >= 11 is 0. The van der Waals surface area contributed by atoms with Gasteiger partial charge >= 0.3 is 18.9 Å². The molecule has 0 spiro atoms. The zero-order chi connectivity index (χ0) is 13.9. The molecule has 0 saturated carbocycles. The zero-order valence-corrected chi connectivity index (χ0v) is 12.4. The topological polar surface area (TPSA) is 66.4 Å². The third-order valence-electron chi connectivity index (χ3n) is 2.90. The Bertz CT molecular complexity index is 651. The molecule has 4 nitrogen and oxygen atoms in total. The maximum absolute atomic E-state index is 11.2. The van der Waals surface area contributed by atoms with Crippen LogP contribution in [-0.4, -0.2) is 12.1 Å². The van der Waals surface area contributed by atoms with Gasteiger partial charge in [0.15, 0.2) is 7.60 Å². The summed E-state index contributed by atoms with van der Waals surface area (Å²) < 4.78 is 15.9. The van der Waals surface area contributed by atoms with E-state index in [0.29, 0.717) is 6.42 Å². The average Bonchev–Trinajstić information content (AvgIpc) is 2.38. The predicted octanol–water partition coefficient (Wildman–Crippen LogP) is -0.497. The fourth-order valence-electron chi connectivity index (χ4n) is 1.88. The van der Waals surface area contributed by atoms with E-state index in [4.69, 9.17) is 4.52 Å². The Balaban J connectivity index is 0.00000200. The second kappa shape index (κ2) is 7.22. The van der Waals surface area contributed by atoms with Crippen LogP contribution in [0, 0.1) is 0 Å². The van der Waals surface area contributed by atoms with Crippen LogP contribution in [0.25, 0.3) is 10.8 Å². The van der Waals surface area contributed by atoms with Crippen LogP contribution in [0.4, 0.5) is 0 Å². The molecule has 1 unspecified atom stereocenters. The minimum absolute atomic E-state index is 0. The van der Waals surface area contributed by atoms with Crippen molar-refractivity contribution < 1.29 is 37.6 Å². The van der Waals surface area contributed by atoms with E-state index in [0.717, 1.165) is 23.3 Å². The molecule has 0 bridgehead atoms. The summed E-state index contributed by atoms with van der Waals surface area (Å²) in [5.41, 5.74) is 0.0621. The van der Waals surface area contributed by atoms with Gasteiger partial charge in [0.2, 0.25) is 5.52 Å². The number of benzene rings is 2. The Hall–Kier alpha value is -0.883. The molecule has 1 atom stereocenters. The molecule has 0 saturated heterocycles. The summed E-state index contributed by atoms with van der Waals surface area (Å²) in [5.74, 6) is 0. The standard InChI is InChI=1S/C14H15O4P.Li/c1-11(15)19(16,17)18-10-9-13-7-4-6-12-5-2-3-8-14(12)13;/h2-8H,9-10H2,1H3,(H,16,17);/q;+1/p-1. The molecule has 2 rings (SSSR count). The van der Waals surface area contributed by atoms with Crippen LogP contribution >= 0.6 is 7.60 Å². The van der Waals surface area contributed by atoms with Crippen LogP contribution in [0.15, 0.2) is 42.5 Å². The molecule has 6 heteroatoms. The number of hydrogen-bond donors (Lipinski definition) is 0. The number of fused-ring (bicyclic) bond motifs is 1.